The highest BCUT2D eigenvalue weighted by Crippen LogP contribution is 2.37. The van der Waals surface area contributed by atoms with Crippen LogP contribution in [0.25, 0.3) is 11.1 Å². The lowest BCUT2D eigenvalue weighted by molar-refractivity contribution is -0.137. The van der Waals surface area contributed by atoms with Crippen LogP contribution in [0, 0.1) is 0 Å². The van der Waals surface area contributed by atoms with Crippen molar-refractivity contribution in [3.63, 3.8) is 0 Å². The Hall–Kier alpha value is -3.74. The zero-order valence-electron chi connectivity index (χ0n) is 21.6. The average molecular weight is 529 g/mol. The molecule has 1 aliphatic rings. The van der Waals surface area contributed by atoms with E-state index in [2.05, 4.69) is 21.9 Å². The van der Waals surface area contributed by atoms with Crippen molar-refractivity contribution in [3.8, 4) is 11.1 Å². The van der Waals surface area contributed by atoms with Crippen LogP contribution in [0.1, 0.15) is 28.3 Å². The quantitative estimate of drug-likeness (QED) is 0.229. The van der Waals surface area contributed by atoms with Gasteiger partial charge in [0, 0.05) is 32.2 Å². The molecule has 200 valence electrons. The molecule has 0 N–H and O–H groups in total. The number of alkyl halides is 3. The van der Waals surface area contributed by atoms with Gasteiger partial charge in [0.1, 0.15) is 6.29 Å². The number of halogens is 3. The second-order valence-electron chi connectivity index (χ2n) is 10.0. The third-order valence-corrected chi connectivity index (χ3v) is 7.46. The summed E-state index contributed by atoms with van der Waals surface area (Å²) in [7, 11) is 0. The zero-order chi connectivity index (χ0) is 27.2. The summed E-state index contributed by atoms with van der Waals surface area (Å²) in [5.74, 6) is 0. The van der Waals surface area contributed by atoms with Crippen LogP contribution in [0.4, 0.5) is 13.2 Å². The Balaban J connectivity index is 1.33. The number of hydrogen-bond acceptors (Lipinski definition) is 3. The van der Waals surface area contributed by atoms with Gasteiger partial charge >= 0.3 is 6.18 Å². The Morgan fingerprint density at radius 1 is 0.769 bits per heavy atom. The van der Waals surface area contributed by atoms with Gasteiger partial charge in [-0.2, -0.15) is 13.2 Å². The third-order valence-electron chi connectivity index (χ3n) is 7.46. The number of aldehydes is 1. The highest BCUT2D eigenvalue weighted by molar-refractivity contribution is 5.68. The van der Waals surface area contributed by atoms with Gasteiger partial charge in [-0.1, -0.05) is 103 Å². The summed E-state index contributed by atoms with van der Waals surface area (Å²) in [5.41, 5.74) is 3.38. The van der Waals surface area contributed by atoms with E-state index in [1.807, 2.05) is 60.7 Å². The fourth-order valence-corrected chi connectivity index (χ4v) is 5.54. The molecular formula is C33H31F3N2O. The third kappa shape index (κ3) is 6.47. The Morgan fingerprint density at radius 2 is 1.41 bits per heavy atom. The maximum absolute atomic E-state index is 13.5. The lowest BCUT2D eigenvalue weighted by Crippen LogP contribution is -2.54. The molecule has 6 heteroatoms. The second-order valence-corrected chi connectivity index (χ2v) is 10.0. The Morgan fingerprint density at radius 3 is 2.08 bits per heavy atom. The molecule has 1 fully saturated rings. The summed E-state index contributed by atoms with van der Waals surface area (Å²) >= 11 is 0. The largest absolute Gasteiger partial charge is 0.417 e. The van der Waals surface area contributed by atoms with Crippen molar-refractivity contribution < 1.29 is 18.0 Å². The molecule has 5 rings (SSSR count). The predicted octanol–water partition coefficient (Wildman–Crippen LogP) is 7.04. The minimum Gasteiger partial charge on any atom is -0.301 e. The normalized spacial score (nSPS) is 17.6. The van der Waals surface area contributed by atoms with Crippen LogP contribution in [0.5, 0.6) is 0 Å². The van der Waals surface area contributed by atoms with Crippen molar-refractivity contribution in [3.05, 3.63) is 131 Å². The molecule has 0 aliphatic carbocycles. The van der Waals surface area contributed by atoms with Crippen LogP contribution >= 0.6 is 0 Å². The molecule has 1 unspecified atom stereocenters. The first kappa shape index (κ1) is 26.9. The first-order valence-electron chi connectivity index (χ1n) is 13.2. The van der Waals surface area contributed by atoms with E-state index >= 15 is 0 Å². The second kappa shape index (κ2) is 12.0. The summed E-state index contributed by atoms with van der Waals surface area (Å²) < 4.78 is 40.5. The van der Waals surface area contributed by atoms with E-state index < -0.39 is 11.7 Å². The van der Waals surface area contributed by atoms with Crippen LogP contribution in [0.3, 0.4) is 0 Å². The minimum atomic E-state index is -4.40. The summed E-state index contributed by atoms with van der Waals surface area (Å²) in [6.07, 6.45) is -2.54. The highest BCUT2D eigenvalue weighted by atomic mass is 19.4. The van der Waals surface area contributed by atoms with Crippen molar-refractivity contribution in [2.75, 3.05) is 19.6 Å². The summed E-state index contributed by atoms with van der Waals surface area (Å²) in [5, 5.41) is 0. The molecular weight excluding hydrogens is 497 g/mol. The van der Waals surface area contributed by atoms with Crippen LogP contribution < -0.4 is 0 Å². The molecule has 1 saturated heterocycles. The van der Waals surface area contributed by atoms with Crippen molar-refractivity contribution in [2.45, 2.75) is 31.2 Å². The zero-order valence-corrected chi connectivity index (χ0v) is 21.6. The van der Waals surface area contributed by atoms with E-state index in [1.165, 1.54) is 17.7 Å². The maximum Gasteiger partial charge on any atom is 0.417 e. The number of carbonyl (C=O) groups excluding carboxylic acids is 1. The van der Waals surface area contributed by atoms with E-state index in [0.29, 0.717) is 12.1 Å². The van der Waals surface area contributed by atoms with Crippen molar-refractivity contribution in [1.82, 2.24) is 9.80 Å². The van der Waals surface area contributed by atoms with E-state index in [0.717, 1.165) is 49.5 Å². The van der Waals surface area contributed by atoms with Gasteiger partial charge in [-0.25, -0.2) is 0 Å². The SMILES string of the molecule is O=CC(c1ccccc1)N1CCN(Cc2ccc(-c3ccccc3C(F)(F)F)cc2)C[C@@H]1Cc1ccccc1. The molecule has 4 aromatic rings. The van der Waals surface area contributed by atoms with E-state index in [-0.39, 0.29) is 17.6 Å². The Kier molecular flexibility index (Phi) is 8.24. The molecule has 1 aliphatic heterocycles. The van der Waals surface area contributed by atoms with Gasteiger partial charge in [-0.05, 0) is 40.3 Å². The van der Waals surface area contributed by atoms with E-state index in [1.54, 1.807) is 18.2 Å². The summed E-state index contributed by atoms with van der Waals surface area (Å²) in [6, 6.07) is 33.1. The Labute approximate surface area is 227 Å². The van der Waals surface area contributed by atoms with Crippen LogP contribution in [-0.4, -0.2) is 41.8 Å². The van der Waals surface area contributed by atoms with Crippen molar-refractivity contribution in [1.29, 1.82) is 0 Å². The first-order chi connectivity index (χ1) is 18.9. The van der Waals surface area contributed by atoms with Crippen molar-refractivity contribution in [2.24, 2.45) is 0 Å². The van der Waals surface area contributed by atoms with E-state index in [4.69, 9.17) is 0 Å². The molecule has 4 aromatic carbocycles. The summed E-state index contributed by atoms with van der Waals surface area (Å²) in [4.78, 5) is 17.0. The lowest BCUT2D eigenvalue weighted by atomic mass is 9.96. The maximum atomic E-state index is 13.5. The number of benzene rings is 4. The molecule has 3 nitrogen and oxygen atoms in total. The van der Waals surface area contributed by atoms with Gasteiger partial charge in [0.15, 0.2) is 0 Å². The highest BCUT2D eigenvalue weighted by Gasteiger charge is 2.34. The van der Waals surface area contributed by atoms with Crippen molar-refractivity contribution >= 4 is 6.29 Å². The number of carbonyl (C=O) groups is 1. The molecule has 0 saturated carbocycles. The fourth-order valence-electron chi connectivity index (χ4n) is 5.54. The van der Waals surface area contributed by atoms with Crippen LogP contribution in [0.15, 0.2) is 109 Å². The average Bonchev–Trinajstić information content (AvgIpc) is 2.96. The standard InChI is InChI=1S/C33H31F3N2O/c34-33(35,36)31-14-8-7-13-30(31)27-17-15-26(16-18-27)22-37-19-20-38(32(24-39)28-11-5-2-6-12-28)29(23-37)21-25-9-3-1-4-10-25/h1-18,24,29,32H,19-23H2/t29-,32?/m0/s1. The summed E-state index contributed by atoms with van der Waals surface area (Å²) in [6.45, 7) is 3.01. The molecule has 0 aromatic heterocycles. The van der Waals surface area contributed by atoms with Gasteiger partial charge in [0.25, 0.3) is 0 Å². The predicted molar refractivity (Wildman–Crippen MR) is 148 cm³/mol. The van der Waals surface area contributed by atoms with Gasteiger partial charge in [-0.15, -0.1) is 0 Å². The monoisotopic (exact) mass is 528 g/mol. The van der Waals surface area contributed by atoms with Gasteiger partial charge in [-0.3, -0.25) is 9.80 Å². The molecule has 1 heterocycles. The molecule has 2 atom stereocenters. The Bertz CT molecular complexity index is 1360. The minimum absolute atomic E-state index is 0.134. The van der Waals surface area contributed by atoms with Crippen LogP contribution in [0.2, 0.25) is 0 Å². The molecule has 0 bridgehead atoms. The molecule has 39 heavy (non-hydrogen) atoms. The number of piperazine rings is 1. The molecule has 0 amide bonds. The first-order valence-corrected chi connectivity index (χ1v) is 13.2. The van der Waals surface area contributed by atoms with Gasteiger partial charge in [0.2, 0.25) is 0 Å². The molecule has 0 spiro atoms. The topological polar surface area (TPSA) is 23.6 Å². The molecule has 0 radical (unpaired) electrons. The fraction of sp³-hybridized carbons (Fsp3) is 0.242. The number of hydrogen-bond donors (Lipinski definition) is 0. The van der Waals surface area contributed by atoms with Gasteiger partial charge in [0.05, 0.1) is 11.6 Å². The van der Waals surface area contributed by atoms with E-state index in [9.17, 15) is 18.0 Å². The number of nitrogens with zero attached hydrogens (tertiary/aromatic N) is 2. The number of rotatable bonds is 8. The lowest BCUT2D eigenvalue weighted by Gasteiger charge is -2.44. The van der Waals surface area contributed by atoms with Gasteiger partial charge < -0.3 is 4.79 Å². The van der Waals surface area contributed by atoms with Crippen LogP contribution in [-0.2, 0) is 23.9 Å². The smallest absolute Gasteiger partial charge is 0.301 e.